The molecule has 0 aliphatic rings. The van der Waals surface area contributed by atoms with E-state index in [-0.39, 0.29) is 5.25 Å². The summed E-state index contributed by atoms with van der Waals surface area (Å²) < 4.78 is 0. The molecule has 2 aromatic rings. The SMILES string of the molecule is Cc1cnc(SC(CC#N)c2ccccc2)nc1. The van der Waals surface area contributed by atoms with Crippen LogP contribution < -0.4 is 0 Å². The lowest BCUT2D eigenvalue weighted by Crippen LogP contribution is -1.95. The van der Waals surface area contributed by atoms with Crippen molar-refractivity contribution in [1.82, 2.24) is 9.97 Å². The van der Waals surface area contributed by atoms with Gasteiger partial charge in [-0.15, -0.1) is 0 Å². The quantitative estimate of drug-likeness (QED) is 0.619. The van der Waals surface area contributed by atoms with Crippen molar-refractivity contribution in [3.05, 3.63) is 53.9 Å². The summed E-state index contributed by atoms with van der Waals surface area (Å²) in [7, 11) is 0. The number of nitriles is 1. The van der Waals surface area contributed by atoms with Gasteiger partial charge in [0.15, 0.2) is 5.16 Å². The summed E-state index contributed by atoms with van der Waals surface area (Å²) in [5.41, 5.74) is 2.17. The van der Waals surface area contributed by atoms with Gasteiger partial charge in [-0.1, -0.05) is 42.1 Å². The van der Waals surface area contributed by atoms with Crippen LogP contribution in [0.15, 0.2) is 47.9 Å². The molecule has 1 heterocycles. The Bertz CT molecular complexity index is 531. The lowest BCUT2D eigenvalue weighted by Gasteiger charge is -2.12. The second-order valence-corrected chi connectivity index (χ2v) is 5.09. The van der Waals surface area contributed by atoms with Gasteiger partial charge in [0.25, 0.3) is 0 Å². The van der Waals surface area contributed by atoms with Crippen LogP contribution in [0.25, 0.3) is 0 Å². The van der Waals surface area contributed by atoms with E-state index in [1.54, 1.807) is 12.4 Å². The zero-order valence-electron chi connectivity index (χ0n) is 10.1. The van der Waals surface area contributed by atoms with Crippen molar-refractivity contribution in [3.63, 3.8) is 0 Å². The van der Waals surface area contributed by atoms with E-state index in [2.05, 4.69) is 16.0 Å². The second-order valence-electron chi connectivity index (χ2n) is 3.92. The first-order chi connectivity index (χ1) is 8.79. The summed E-state index contributed by atoms with van der Waals surface area (Å²) in [6.07, 6.45) is 4.04. The largest absolute Gasteiger partial charge is 0.231 e. The molecule has 2 rings (SSSR count). The molecule has 0 aliphatic carbocycles. The molecule has 0 bridgehead atoms. The maximum atomic E-state index is 8.92. The van der Waals surface area contributed by atoms with Gasteiger partial charge in [-0.3, -0.25) is 0 Å². The maximum absolute atomic E-state index is 8.92. The molecule has 0 N–H and O–H groups in total. The first kappa shape index (κ1) is 12.6. The van der Waals surface area contributed by atoms with Gasteiger partial charge in [0, 0.05) is 12.4 Å². The Morgan fingerprint density at radius 2 is 1.89 bits per heavy atom. The standard InChI is InChI=1S/C14H13N3S/c1-11-9-16-14(17-10-11)18-13(7-8-15)12-5-3-2-4-6-12/h2-6,9-10,13H,7H2,1H3. The number of aryl methyl sites for hydroxylation is 1. The third-order valence-corrected chi connectivity index (χ3v) is 3.60. The highest BCUT2D eigenvalue weighted by Crippen LogP contribution is 2.35. The Hall–Kier alpha value is -1.86. The molecule has 1 aromatic carbocycles. The predicted molar refractivity (Wildman–Crippen MR) is 72.0 cm³/mol. The van der Waals surface area contributed by atoms with Crippen molar-refractivity contribution >= 4 is 11.8 Å². The summed E-state index contributed by atoms with van der Waals surface area (Å²) in [5.74, 6) is 0. The van der Waals surface area contributed by atoms with E-state index in [0.29, 0.717) is 11.6 Å². The first-order valence-electron chi connectivity index (χ1n) is 5.67. The van der Waals surface area contributed by atoms with Crippen LogP contribution in [0.4, 0.5) is 0 Å². The van der Waals surface area contributed by atoms with Crippen LogP contribution in [0, 0.1) is 18.3 Å². The van der Waals surface area contributed by atoms with E-state index in [0.717, 1.165) is 11.1 Å². The minimum atomic E-state index is 0.0823. The zero-order chi connectivity index (χ0) is 12.8. The van der Waals surface area contributed by atoms with Gasteiger partial charge in [-0.25, -0.2) is 9.97 Å². The highest BCUT2D eigenvalue weighted by molar-refractivity contribution is 7.99. The van der Waals surface area contributed by atoms with Crippen molar-refractivity contribution < 1.29 is 0 Å². The third-order valence-electron chi connectivity index (χ3n) is 2.45. The van der Waals surface area contributed by atoms with Crippen LogP contribution in [0.1, 0.15) is 22.8 Å². The lowest BCUT2D eigenvalue weighted by molar-refractivity contribution is 0.917. The third kappa shape index (κ3) is 3.31. The first-order valence-corrected chi connectivity index (χ1v) is 6.55. The van der Waals surface area contributed by atoms with Gasteiger partial charge in [0.1, 0.15) is 0 Å². The molecule has 0 amide bonds. The molecule has 4 heteroatoms. The van der Waals surface area contributed by atoms with Crippen LogP contribution in [0.3, 0.4) is 0 Å². The smallest absolute Gasteiger partial charge is 0.188 e. The summed E-state index contributed by atoms with van der Waals surface area (Å²) in [4.78, 5) is 8.54. The molecule has 0 spiro atoms. The Balaban J connectivity index is 2.17. The van der Waals surface area contributed by atoms with E-state index < -0.39 is 0 Å². The fraction of sp³-hybridized carbons (Fsp3) is 0.214. The molecule has 1 atom stereocenters. The molecule has 0 saturated heterocycles. The number of nitrogens with zero attached hydrogens (tertiary/aromatic N) is 3. The highest BCUT2D eigenvalue weighted by Gasteiger charge is 2.14. The normalized spacial score (nSPS) is 11.8. The Kier molecular flexibility index (Phi) is 4.32. The van der Waals surface area contributed by atoms with Crippen LogP contribution in [0.5, 0.6) is 0 Å². The minimum absolute atomic E-state index is 0.0823. The van der Waals surface area contributed by atoms with E-state index in [9.17, 15) is 0 Å². The number of aromatic nitrogens is 2. The highest BCUT2D eigenvalue weighted by atomic mass is 32.2. The fourth-order valence-corrected chi connectivity index (χ4v) is 2.48. The Morgan fingerprint density at radius 1 is 1.22 bits per heavy atom. The maximum Gasteiger partial charge on any atom is 0.188 e. The monoisotopic (exact) mass is 255 g/mol. The van der Waals surface area contributed by atoms with Gasteiger partial charge in [-0.2, -0.15) is 5.26 Å². The van der Waals surface area contributed by atoms with E-state index in [1.807, 2.05) is 37.3 Å². The van der Waals surface area contributed by atoms with Gasteiger partial charge >= 0.3 is 0 Å². The fourth-order valence-electron chi connectivity index (χ4n) is 1.55. The van der Waals surface area contributed by atoms with Crippen LogP contribution in [0.2, 0.25) is 0 Å². The zero-order valence-corrected chi connectivity index (χ0v) is 10.9. The average Bonchev–Trinajstić information content (AvgIpc) is 2.42. The van der Waals surface area contributed by atoms with Crippen LogP contribution in [-0.2, 0) is 0 Å². The summed E-state index contributed by atoms with van der Waals surface area (Å²) in [5, 5.41) is 9.71. The van der Waals surface area contributed by atoms with Crippen molar-refractivity contribution in [3.8, 4) is 6.07 Å². The molecule has 90 valence electrons. The van der Waals surface area contributed by atoms with E-state index in [4.69, 9.17) is 5.26 Å². The molecule has 18 heavy (non-hydrogen) atoms. The Morgan fingerprint density at radius 3 is 2.50 bits per heavy atom. The van der Waals surface area contributed by atoms with Gasteiger partial charge < -0.3 is 0 Å². The molecule has 0 radical (unpaired) electrons. The number of hydrogen-bond acceptors (Lipinski definition) is 4. The van der Waals surface area contributed by atoms with Gasteiger partial charge in [0.05, 0.1) is 17.7 Å². The molecule has 3 nitrogen and oxygen atoms in total. The number of thioether (sulfide) groups is 1. The van der Waals surface area contributed by atoms with Crippen molar-refractivity contribution in [1.29, 1.82) is 5.26 Å². The minimum Gasteiger partial charge on any atom is -0.231 e. The molecular weight excluding hydrogens is 242 g/mol. The van der Waals surface area contributed by atoms with Gasteiger partial charge in [0.2, 0.25) is 0 Å². The summed E-state index contributed by atoms with van der Waals surface area (Å²) in [6, 6.07) is 12.2. The molecule has 0 saturated carbocycles. The van der Waals surface area contributed by atoms with Crippen molar-refractivity contribution in [2.75, 3.05) is 0 Å². The molecule has 0 fully saturated rings. The van der Waals surface area contributed by atoms with Crippen LogP contribution in [-0.4, -0.2) is 9.97 Å². The lowest BCUT2D eigenvalue weighted by atomic mass is 10.1. The second kappa shape index (κ2) is 6.18. The van der Waals surface area contributed by atoms with E-state index in [1.165, 1.54) is 11.8 Å². The molecule has 1 aromatic heterocycles. The molecular formula is C14H13N3S. The van der Waals surface area contributed by atoms with Crippen LogP contribution >= 0.6 is 11.8 Å². The number of benzene rings is 1. The van der Waals surface area contributed by atoms with Crippen molar-refractivity contribution in [2.45, 2.75) is 23.8 Å². The Labute approximate surface area is 111 Å². The predicted octanol–water partition coefficient (Wildman–Crippen LogP) is 3.53. The van der Waals surface area contributed by atoms with E-state index >= 15 is 0 Å². The summed E-state index contributed by atoms with van der Waals surface area (Å²) in [6.45, 7) is 1.96. The number of hydrogen-bond donors (Lipinski definition) is 0. The summed E-state index contributed by atoms with van der Waals surface area (Å²) >= 11 is 1.53. The number of rotatable bonds is 4. The van der Waals surface area contributed by atoms with Crippen molar-refractivity contribution in [2.24, 2.45) is 0 Å². The molecule has 1 unspecified atom stereocenters. The molecule has 0 aliphatic heterocycles. The average molecular weight is 255 g/mol. The van der Waals surface area contributed by atoms with Gasteiger partial charge in [-0.05, 0) is 18.1 Å². The topological polar surface area (TPSA) is 49.6 Å².